The number of nitrogens with one attached hydrogen (secondary N) is 1. The fourth-order valence-electron chi connectivity index (χ4n) is 5.77. The van der Waals surface area contributed by atoms with Gasteiger partial charge in [0.1, 0.15) is 6.61 Å². The maximum absolute atomic E-state index is 14.1. The second-order valence-corrected chi connectivity index (χ2v) is 10.2. The molecule has 0 fully saturated rings. The highest BCUT2D eigenvalue weighted by molar-refractivity contribution is 6.04. The highest BCUT2D eigenvalue weighted by atomic mass is 16.6. The first kappa shape index (κ1) is 31.7. The van der Waals surface area contributed by atoms with Crippen molar-refractivity contribution in [1.82, 2.24) is 5.32 Å². The number of dihydropyridines is 1. The van der Waals surface area contributed by atoms with Crippen LogP contribution in [0.25, 0.3) is 0 Å². The molecular weight excluding hydrogens is 554 g/mol. The maximum atomic E-state index is 14.1. The quantitative estimate of drug-likeness (QED) is 0.249. The van der Waals surface area contributed by atoms with Crippen LogP contribution in [0, 0.1) is 0 Å². The summed E-state index contributed by atoms with van der Waals surface area (Å²) in [5.74, 6) is 1.11. The predicted molar refractivity (Wildman–Crippen MR) is 160 cm³/mol. The number of carbonyl (C=O) groups excluding carboxylic acids is 2. The molecule has 43 heavy (non-hydrogen) atoms. The summed E-state index contributed by atoms with van der Waals surface area (Å²) in [6.07, 6.45) is 0.813. The number of hydrogen-bond donors (Lipinski definition) is 1. The third-order valence-electron chi connectivity index (χ3n) is 7.69. The van der Waals surface area contributed by atoms with Crippen LogP contribution in [0.15, 0.2) is 52.9 Å². The van der Waals surface area contributed by atoms with E-state index in [4.69, 9.17) is 33.2 Å². The molecule has 2 aromatic carbocycles. The zero-order valence-corrected chi connectivity index (χ0v) is 26.0. The smallest absolute Gasteiger partial charge is 0.336 e. The fraction of sp³-hybridized carbons (Fsp3) is 0.455. The summed E-state index contributed by atoms with van der Waals surface area (Å²) in [6.45, 7) is 7.01. The SMILES string of the molecule is CCOCCOC(=O)C1=C(C)NC2=C(C(=O)C[C@@H](c3ccc(OCC)c(OC)c3)C2)[C@H]1c1cc(OC)c(OC)c(OC)c1. The number of rotatable bonds is 13. The molecular formula is C33H41NO9. The molecule has 10 nitrogen and oxygen atoms in total. The number of esters is 1. The first-order valence-corrected chi connectivity index (χ1v) is 14.4. The van der Waals surface area contributed by atoms with Crippen molar-refractivity contribution in [2.24, 2.45) is 0 Å². The number of methoxy groups -OCH3 is 4. The van der Waals surface area contributed by atoms with Crippen molar-refractivity contribution in [2.75, 3.05) is 54.9 Å². The standard InChI is InChI=1S/C33H41NO9/c1-8-41-12-13-43-33(36)29-19(3)34-23-14-21(20-10-11-25(42-9-2)26(16-20)37-4)15-24(35)31(23)30(29)22-17-27(38-5)32(40-7)28(18-22)39-6/h10-11,16-18,21,30,34H,8-9,12-15H2,1-7H3/t21-,30-/m0/s1. The molecule has 1 heterocycles. The van der Waals surface area contributed by atoms with Gasteiger partial charge in [-0.3, -0.25) is 4.79 Å². The van der Waals surface area contributed by atoms with Gasteiger partial charge in [0.2, 0.25) is 5.75 Å². The molecule has 2 aromatic rings. The molecule has 0 bridgehead atoms. The minimum absolute atomic E-state index is 0.0718. The Morgan fingerprint density at radius 3 is 2.12 bits per heavy atom. The summed E-state index contributed by atoms with van der Waals surface area (Å²) in [6, 6.07) is 9.33. The topological polar surface area (TPSA) is 111 Å². The Hall–Kier alpha value is -4.18. The number of ketones is 1. The molecule has 0 unspecified atom stereocenters. The predicted octanol–water partition coefficient (Wildman–Crippen LogP) is 5.06. The van der Waals surface area contributed by atoms with Crippen molar-refractivity contribution < 1.29 is 42.7 Å². The summed E-state index contributed by atoms with van der Waals surface area (Å²) >= 11 is 0. The number of carbonyl (C=O) groups is 2. The summed E-state index contributed by atoms with van der Waals surface area (Å²) < 4.78 is 39.0. The van der Waals surface area contributed by atoms with Crippen molar-refractivity contribution in [3.63, 3.8) is 0 Å². The Morgan fingerprint density at radius 2 is 1.51 bits per heavy atom. The summed E-state index contributed by atoms with van der Waals surface area (Å²) in [5, 5.41) is 3.38. The van der Waals surface area contributed by atoms with E-state index in [9.17, 15) is 9.59 Å². The van der Waals surface area contributed by atoms with Gasteiger partial charge in [0.25, 0.3) is 0 Å². The minimum Gasteiger partial charge on any atom is -0.493 e. The van der Waals surface area contributed by atoms with Gasteiger partial charge >= 0.3 is 5.97 Å². The van der Waals surface area contributed by atoms with E-state index in [1.165, 1.54) is 21.3 Å². The first-order valence-electron chi connectivity index (χ1n) is 14.4. The van der Waals surface area contributed by atoms with E-state index in [0.717, 1.165) is 11.3 Å². The van der Waals surface area contributed by atoms with Crippen LogP contribution in [0.2, 0.25) is 0 Å². The van der Waals surface area contributed by atoms with E-state index in [-0.39, 0.29) is 31.3 Å². The normalized spacial score (nSPS) is 18.1. The molecule has 232 valence electrons. The minimum atomic E-state index is -0.715. The van der Waals surface area contributed by atoms with Gasteiger partial charge in [0.05, 0.1) is 47.2 Å². The summed E-state index contributed by atoms with van der Waals surface area (Å²) in [4.78, 5) is 27.7. The van der Waals surface area contributed by atoms with Crippen LogP contribution in [0.4, 0.5) is 0 Å². The molecule has 4 rings (SSSR count). The van der Waals surface area contributed by atoms with Gasteiger partial charge in [0.15, 0.2) is 28.8 Å². The molecule has 0 saturated heterocycles. The van der Waals surface area contributed by atoms with Crippen molar-refractivity contribution in [2.45, 2.75) is 45.4 Å². The lowest BCUT2D eigenvalue weighted by Crippen LogP contribution is -2.36. The van der Waals surface area contributed by atoms with Crippen molar-refractivity contribution in [1.29, 1.82) is 0 Å². The Balaban J connectivity index is 1.80. The average molecular weight is 596 g/mol. The van der Waals surface area contributed by atoms with Gasteiger partial charge in [-0.2, -0.15) is 0 Å². The van der Waals surface area contributed by atoms with Gasteiger partial charge in [-0.15, -0.1) is 0 Å². The molecule has 1 aliphatic heterocycles. The number of benzene rings is 2. The van der Waals surface area contributed by atoms with Crippen LogP contribution >= 0.6 is 0 Å². The van der Waals surface area contributed by atoms with Gasteiger partial charge < -0.3 is 38.5 Å². The lowest BCUT2D eigenvalue weighted by molar-refractivity contribution is -0.140. The summed E-state index contributed by atoms with van der Waals surface area (Å²) in [7, 11) is 6.18. The van der Waals surface area contributed by atoms with E-state index in [1.54, 1.807) is 19.2 Å². The van der Waals surface area contributed by atoms with Crippen LogP contribution in [0.5, 0.6) is 28.7 Å². The monoisotopic (exact) mass is 595 g/mol. The molecule has 0 aromatic heterocycles. The Labute approximate surface area is 252 Å². The molecule has 0 amide bonds. The number of hydrogen-bond acceptors (Lipinski definition) is 10. The van der Waals surface area contributed by atoms with Gasteiger partial charge in [-0.05, 0) is 68.5 Å². The van der Waals surface area contributed by atoms with Crippen LogP contribution in [-0.4, -0.2) is 66.6 Å². The van der Waals surface area contributed by atoms with Gasteiger partial charge in [0, 0.05) is 35.9 Å². The molecule has 1 N–H and O–H groups in total. The molecule has 2 atom stereocenters. The molecule has 0 radical (unpaired) electrons. The fourth-order valence-corrected chi connectivity index (χ4v) is 5.77. The van der Waals surface area contributed by atoms with Crippen LogP contribution in [0.3, 0.4) is 0 Å². The highest BCUT2D eigenvalue weighted by Crippen LogP contribution is 2.49. The third kappa shape index (κ3) is 6.59. The molecule has 1 aliphatic carbocycles. The molecule has 10 heteroatoms. The number of allylic oxidation sites excluding steroid dienone is 3. The van der Waals surface area contributed by atoms with Crippen molar-refractivity contribution >= 4 is 11.8 Å². The highest BCUT2D eigenvalue weighted by Gasteiger charge is 2.42. The Kier molecular flexibility index (Phi) is 10.6. The van der Waals surface area contributed by atoms with E-state index < -0.39 is 11.9 Å². The zero-order chi connectivity index (χ0) is 31.1. The van der Waals surface area contributed by atoms with E-state index >= 15 is 0 Å². The average Bonchev–Trinajstić information content (AvgIpc) is 3.01. The number of Topliss-reactive ketones (excluding diaryl/α,β-unsaturated/α-hetero) is 1. The second kappa shape index (κ2) is 14.3. The zero-order valence-electron chi connectivity index (χ0n) is 26.0. The van der Waals surface area contributed by atoms with Crippen LogP contribution in [-0.2, 0) is 19.1 Å². The van der Waals surface area contributed by atoms with Crippen LogP contribution < -0.4 is 29.0 Å². The lowest BCUT2D eigenvalue weighted by atomic mass is 9.71. The molecule has 0 saturated carbocycles. The van der Waals surface area contributed by atoms with Crippen molar-refractivity contribution in [3.05, 3.63) is 64.0 Å². The Bertz CT molecular complexity index is 1390. The largest absolute Gasteiger partial charge is 0.493 e. The third-order valence-corrected chi connectivity index (χ3v) is 7.69. The van der Waals surface area contributed by atoms with Crippen molar-refractivity contribution in [3.8, 4) is 28.7 Å². The number of ether oxygens (including phenoxy) is 7. The van der Waals surface area contributed by atoms with E-state index in [2.05, 4.69) is 5.32 Å². The molecule has 2 aliphatic rings. The summed E-state index contributed by atoms with van der Waals surface area (Å²) in [5.41, 5.74) is 3.85. The maximum Gasteiger partial charge on any atom is 0.336 e. The van der Waals surface area contributed by atoms with E-state index in [1.807, 2.05) is 39.0 Å². The molecule has 0 spiro atoms. The Morgan fingerprint density at radius 1 is 0.837 bits per heavy atom. The van der Waals surface area contributed by atoms with Gasteiger partial charge in [-0.1, -0.05) is 6.07 Å². The van der Waals surface area contributed by atoms with E-state index in [0.29, 0.717) is 70.8 Å². The second-order valence-electron chi connectivity index (χ2n) is 10.2. The van der Waals surface area contributed by atoms with Crippen LogP contribution in [0.1, 0.15) is 56.6 Å². The van der Waals surface area contributed by atoms with Gasteiger partial charge in [-0.25, -0.2) is 4.79 Å². The first-order chi connectivity index (χ1) is 20.8. The lowest BCUT2D eigenvalue weighted by Gasteiger charge is -2.37.